The Morgan fingerprint density at radius 1 is 1.36 bits per heavy atom. The van der Waals surface area contributed by atoms with Crippen LogP contribution in [-0.4, -0.2) is 19.7 Å². The van der Waals surface area contributed by atoms with E-state index in [0.717, 1.165) is 38.0 Å². The molecule has 0 radical (unpaired) electrons. The van der Waals surface area contributed by atoms with Crippen molar-refractivity contribution in [2.24, 2.45) is 11.8 Å². The number of esters is 1. The van der Waals surface area contributed by atoms with Crippen LogP contribution in [0.4, 0.5) is 0 Å². The summed E-state index contributed by atoms with van der Waals surface area (Å²) in [5.74, 6) is 2.05. The van der Waals surface area contributed by atoms with Crippen molar-refractivity contribution >= 4 is 5.97 Å². The van der Waals surface area contributed by atoms with Crippen LogP contribution in [0.5, 0.6) is 5.75 Å². The highest BCUT2D eigenvalue weighted by Gasteiger charge is 2.44. The minimum absolute atomic E-state index is 0.0418. The van der Waals surface area contributed by atoms with Gasteiger partial charge in [-0.25, -0.2) is 0 Å². The Bertz CT molecular complexity index is 509. The Balaban J connectivity index is 2.00. The second-order valence-corrected chi connectivity index (χ2v) is 6.33. The van der Waals surface area contributed by atoms with Gasteiger partial charge in [0.25, 0.3) is 0 Å². The Morgan fingerprint density at radius 3 is 2.73 bits per heavy atom. The third-order valence-corrected chi connectivity index (χ3v) is 4.66. The van der Waals surface area contributed by atoms with Crippen LogP contribution in [-0.2, 0) is 9.53 Å². The third-order valence-electron chi connectivity index (χ3n) is 4.66. The van der Waals surface area contributed by atoms with Gasteiger partial charge in [0.2, 0.25) is 0 Å². The van der Waals surface area contributed by atoms with Crippen LogP contribution in [0.15, 0.2) is 18.2 Å². The highest BCUT2D eigenvalue weighted by molar-refractivity contribution is 5.75. The molecule has 22 heavy (non-hydrogen) atoms. The van der Waals surface area contributed by atoms with E-state index in [-0.39, 0.29) is 11.9 Å². The van der Waals surface area contributed by atoms with Gasteiger partial charge in [-0.2, -0.15) is 0 Å². The zero-order valence-electron chi connectivity index (χ0n) is 14.2. The van der Waals surface area contributed by atoms with E-state index >= 15 is 0 Å². The summed E-state index contributed by atoms with van der Waals surface area (Å²) < 4.78 is 10.5. The highest BCUT2D eigenvalue weighted by Crippen LogP contribution is 2.47. The molecular weight excluding hydrogens is 276 g/mol. The highest BCUT2D eigenvalue weighted by atomic mass is 16.5. The number of rotatable bonds is 8. The molecule has 1 fully saturated rings. The first-order chi connectivity index (χ1) is 10.6. The summed E-state index contributed by atoms with van der Waals surface area (Å²) in [5, 5.41) is 0. The average Bonchev–Trinajstić information content (AvgIpc) is 3.29. The van der Waals surface area contributed by atoms with Gasteiger partial charge in [-0.05, 0) is 67.7 Å². The van der Waals surface area contributed by atoms with Crippen LogP contribution in [0.1, 0.15) is 56.6 Å². The number of hydrogen-bond acceptors (Lipinski definition) is 3. The van der Waals surface area contributed by atoms with E-state index in [0.29, 0.717) is 11.8 Å². The molecule has 0 aromatic heterocycles. The van der Waals surface area contributed by atoms with Gasteiger partial charge in [0.05, 0.1) is 19.6 Å². The van der Waals surface area contributed by atoms with Crippen molar-refractivity contribution in [2.75, 3.05) is 13.7 Å². The summed E-state index contributed by atoms with van der Waals surface area (Å²) in [7, 11) is 1.48. The van der Waals surface area contributed by atoms with Crippen LogP contribution < -0.4 is 4.74 Å². The Hall–Kier alpha value is -1.51. The molecule has 2 rings (SSSR count). The fourth-order valence-corrected chi connectivity index (χ4v) is 3.24. The van der Waals surface area contributed by atoms with Crippen molar-refractivity contribution in [1.29, 1.82) is 0 Å². The SMILES string of the molecule is CCCOc1ccc(C(CC)CC2CC2C(=O)OC)c(C)c1. The first-order valence-corrected chi connectivity index (χ1v) is 8.41. The Labute approximate surface area is 134 Å². The second-order valence-electron chi connectivity index (χ2n) is 6.33. The monoisotopic (exact) mass is 304 g/mol. The van der Waals surface area contributed by atoms with Crippen molar-refractivity contribution in [1.82, 2.24) is 0 Å². The fraction of sp³-hybridized carbons (Fsp3) is 0.632. The van der Waals surface area contributed by atoms with Gasteiger partial charge < -0.3 is 9.47 Å². The second kappa shape index (κ2) is 7.66. The zero-order valence-corrected chi connectivity index (χ0v) is 14.2. The summed E-state index contributed by atoms with van der Waals surface area (Å²) in [5.41, 5.74) is 2.68. The molecular formula is C19H28O3. The molecule has 1 saturated carbocycles. The maximum Gasteiger partial charge on any atom is 0.308 e. The topological polar surface area (TPSA) is 35.5 Å². The van der Waals surface area contributed by atoms with Crippen molar-refractivity contribution in [2.45, 2.75) is 52.4 Å². The Morgan fingerprint density at radius 2 is 2.14 bits per heavy atom. The van der Waals surface area contributed by atoms with Gasteiger partial charge in [0.1, 0.15) is 5.75 Å². The van der Waals surface area contributed by atoms with E-state index in [9.17, 15) is 4.79 Å². The van der Waals surface area contributed by atoms with Gasteiger partial charge in [0.15, 0.2) is 0 Å². The fourth-order valence-electron chi connectivity index (χ4n) is 3.24. The van der Waals surface area contributed by atoms with E-state index < -0.39 is 0 Å². The molecule has 1 aliphatic carbocycles. The lowest BCUT2D eigenvalue weighted by Gasteiger charge is -2.19. The standard InChI is InChI=1S/C19H28O3/c1-5-9-22-16-7-8-17(13(3)10-16)14(6-2)11-15-12-18(15)19(20)21-4/h7-8,10,14-15,18H,5-6,9,11-12H2,1-4H3. The van der Waals surface area contributed by atoms with Gasteiger partial charge in [0, 0.05) is 0 Å². The number of carbonyl (C=O) groups excluding carboxylic acids is 1. The van der Waals surface area contributed by atoms with Gasteiger partial charge in [-0.15, -0.1) is 0 Å². The van der Waals surface area contributed by atoms with Crippen molar-refractivity contribution in [3.8, 4) is 5.75 Å². The minimum atomic E-state index is -0.0418. The number of benzene rings is 1. The van der Waals surface area contributed by atoms with E-state index in [2.05, 4.69) is 39.0 Å². The van der Waals surface area contributed by atoms with Crippen LogP contribution in [0.25, 0.3) is 0 Å². The third kappa shape index (κ3) is 4.02. The lowest BCUT2D eigenvalue weighted by molar-refractivity contribution is -0.142. The molecule has 0 heterocycles. The van der Waals surface area contributed by atoms with E-state index in [1.165, 1.54) is 18.2 Å². The largest absolute Gasteiger partial charge is 0.494 e. The molecule has 0 spiro atoms. The van der Waals surface area contributed by atoms with E-state index in [4.69, 9.17) is 9.47 Å². The molecule has 0 saturated heterocycles. The first kappa shape index (κ1) is 16.9. The quantitative estimate of drug-likeness (QED) is 0.664. The minimum Gasteiger partial charge on any atom is -0.494 e. The van der Waals surface area contributed by atoms with Gasteiger partial charge in [-0.1, -0.05) is 19.9 Å². The van der Waals surface area contributed by atoms with Crippen LogP contribution >= 0.6 is 0 Å². The smallest absolute Gasteiger partial charge is 0.308 e. The van der Waals surface area contributed by atoms with Crippen molar-refractivity contribution < 1.29 is 14.3 Å². The molecule has 122 valence electrons. The number of methoxy groups -OCH3 is 1. The van der Waals surface area contributed by atoms with Crippen LogP contribution in [0.3, 0.4) is 0 Å². The molecule has 3 heteroatoms. The molecule has 0 aliphatic heterocycles. The van der Waals surface area contributed by atoms with Crippen molar-refractivity contribution in [3.63, 3.8) is 0 Å². The molecule has 0 N–H and O–H groups in total. The normalized spacial score (nSPS) is 21.3. The van der Waals surface area contributed by atoms with Crippen molar-refractivity contribution in [3.05, 3.63) is 29.3 Å². The predicted octanol–water partition coefficient (Wildman–Crippen LogP) is 4.48. The van der Waals surface area contributed by atoms with Gasteiger partial charge in [-0.3, -0.25) is 4.79 Å². The summed E-state index contributed by atoms with van der Waals surface area (Å²) in [6, 6.07) is 6.41. The molecule has 1 aromatic carbocycles. The number of hydrogen-bond donors (Lipinski definition) is 0. The molecule has 3 unspecified atom stereocenters. The summed E-state index contributed by atoms with van der Waals surface area (Å²) >= 11 is 0. The van der Waals surface area contributed by atoms with E-state index in [1.54, 1.807) is 0 Å². The molecule has 0 bridgehead atoms. The Kier molecular flexibility index (Phi) is 5.87. The molecule has 0 amide bonds. The zero-order chi connectivity index (χ0) is 16.1. The lowest BCUT2D eigenvalue weighted by Crippen LogP contribution is -2.07. The maximum absolute atomic E-state index is 11.6. The molecule has 3 atom stereocenters. The molecule has 3 nitrogen and oxygen atoms in total. The van der Waals surface area contributed by atoms with E-state index in [1.807, 2.05) is 0 Å². The number of aryl methyl sites for hydroxylation is 1. The lowest BCUT2D eigenvalue weighted by atomic mass is 9.88. The molecule has 1 aliphatic rings. The average molecular weight is 304 g/mol. The maximum atomic E-state index is 11.6. The van der Waals surface area contributed by atoms with Gasteiger partial charge >= 0.3 is 5.97 Å². The van der Waals surface area contributed by atoms with Crippen LogP contribution in [0.2, 0.25) is 0 Å². The number of carbonyl (C=O) groups is 1. The van der Waals surface area contributed by atoms with Crippen LogP contribution in [0, 0.1) is 18.8 Å². The first-order valence-electron chi connectivity index (χ1n) is 8.41. The molecule has 1 aromatic rings. The number of ether oxygens (including phenoxy) is 2. The predicted molar refractivity (Wildman–Crippen MR) is 88.2 cm³/mol. The summed E-state index contributed by atoms with van der Waals surface area (Å²) in [6.07, 6.45) is 4.18. The summed E-state index contributed by atoms with van der Waals surface area (Å²) in [6.45, 7) is 7.25. The summed E-state index contributed by atoms with van der Waals surface area (Å²) in [4.78, 5) is 11.6.